The van der Waals surface area contributed by atoms with E-state index < -0.39 is 0 Å². The zero-order valence-electron chi connectivity index (χ0n) is 10.7. The van der Waals surface area contributed by atoms with Crippen LogP contribution in [0, 0.1) is 11.3 Å². The molecular formula is C15H20N2O. The number of nitrogens with zero attached hydrogens (tertiary/aromatic N) is 1. The van der Waals surface area contributed by atoms with E-state index in [1.807, 2.05) is 18.2 Å². The minimum atomic E-state index is 0.482. The standard InChI is InChI=1S/C15H20N2O/c16-15(12-5-1-2-6-12)17-9-10-18-14-8-4-3-7-13(14)11-17/h3-4,7-8,12,16H,1-2,5-6,9-11H2. The molecule has 1 N–H and O–H groups in total. The van der Waals surface area contributed by atoms with Crippen LogP contribution in [0.3, 0.4) is 0 Å². The minimum Gasteiger partial charge on any atom is -0.491 e. The van der Waals surface area contributed by atoms with Crippen LogP contribution in [-0.4, -0.2) is 23.9 Å². The van der Waals surface area contributed by atoms with Crippen LogP contribution in [-0.2, 0) is 6.54 Å². The van der Waals surface area contributed by atoms with Crippen LogP contribution in [0.2, 0.25) is 0 Å². The topological polar surface area (TPSA) is 36.3 Å². The van der Waals surface area contributed by atoms with E-state index in [2.05, 4.69) is 11.0 Å². The molecular weight excluding hydrogens is 224 g/mol. The third-order valence-electron chi connectivity index (χ3n) is 4.04. The van der Waals surface area contributed by atoms with E-state index in [0.29, 0.717) is 12.5 Å². The lowest BCUT2D eigenvalue weighted by molar-refractivity contribution is 0.283. The molecule has 0 aromatic heterocycles. The molecule has 1 aliphatic heterocycles. The van der Waals surface area contributed by atoms with Crippen molar-refractivity contribution < 1.29 is 4.74 Å². The Hall–Kier alpha value is -1.51. The van der Waals surface area contributed by atoms with Gasteiger partial charge in [-0.1, -0.05) is 31.0 Å². The summed E-state index contributed by atoms with van der Waals surface area (Å²) < 4.78 is 5.75. The first kappa shape index (κ1) is 11.6. The van der Waals surface area contributed by atoms with Crippen molar-refractivity contribution in [1.29, 1.82) is 5.41 Å². The molecule has 3 nitrogen and oxygen atoms in total. The van der Waals surface area contributed by atoms with Crippen LogP contribution in [0.1, 0.15) is 31.2 Å². The highest BCUT2D eigenvalue weighted by atomic mass is 16.5. The van der Waals surface area contributed by atoms with E-state index >= 15 is 0 Å². The zero-order valence-corrected chi connectivity index (χ0v) is 10.7. The fourth-order valence-electron chi connectivity index (χ4n) is 2.99. The van der Waals surface area contributed by atoms with E-state index in [0.717, 1.165) is 24.7 Å². The lowest BCUT2D eigenvalue weighted by Gasteiger charge is -2.26. The van der Waals surface area contributed by atoms with Gasteiger partial charge in [0.15, 0.2) is 0 Å². The van der Waals surface area contributed by atoms with Crippen molar-refractivity contribution in [3.05, 3.63) is 29.8 Å². The number of rotatable bonds is 1. The molecule has 1 aliphatic carbocycles. The molecule has 2 aliphatic rings. The van der Waals surface area contributed by atoms with Crippen molar-refractivity contribution in [3.8, 4) is 5.75 Å². The van der Waals surface area contributed by atoms with Gasteiger partial charge in [0, 0.05) is 18.0 Å². The number of nitrogens with one attached hydrogen (secondary N) is 1. The quantitative estimate of drug-likeness (QED) is 0.609. The highest BCUT2D eigenvalue weighted by Crippen LogP contribution is 2.29. The number of hydrogen-bond donors (Lipinski definition) is 1. The molecule has 1 saturated carbocycles. The van der Waals surface area contributed by atoms with Crippen LogP contribution in [0.5, 0.6) is 5.75 Å². The Labute approximate surface area is 108 Å². The van der Waals surface area contributed by atoms with Crippen molar-refractivity contribution in [2.24, 2.45) is 5.92 Å². The van der Waals surface area contributed by atoms with Crippen molar-refractivity contribution in [3.63, 3.8) is 0 Å². The smallest absolute Gasteiger partial charge is 0.124 e. The summed E-state index contributed by atoms with van der Waals surface area (Å²) in [7, 11) is 0. The Balaban J connectivity index is 1.76. The van der Waals surface area contributed by atoms with Gasteiger partial charge < -0.3 is 9.64 Å². The molecule has 1 fully saturated rings. The molecule has 0 amide bonds. The molecule has 0 saturated heterocycles. The maximum absolute atomic E-state index is 8.39. The van der Waals surface area contributed by atoms with Gasteiger partial charge in [-0.3, -0.25) is 5.41 Å². The number of amidine groups is 1. The first-order valence-electron chi connectivity index (χ1n) is 6.88. The Bertz CT molecular complexity index is 438. The molecule has 0 bridgehead atoms. The lowest BCUT2D eigenvalue weighted by Crippen LogP contribution is -2.35. The summed E-state index contributed by atoms with van der Waals surface area (Å²) in [5.41, 5.74) is 1.21. The average molecular weight is 244 g/mol. The second kappa shape index (κ2) is 5.01. The van der Waals surface area contributed by atoms with Gasteiger partial charge in [0.05, 0.1) is 12.4 Å². The fraction of sp³-hybridized carbons (Fsp3) is 0.533. The maximum atomic E-state index is 8.39. The number of fused-ring (bicyclic) bond motifs is 1. The number of benzene rings is 1. The molecule has 0 radical (unpaired) electrons. The Morgan fingerprint density at radius 1 is 1.22 bits per heavy atom. The molecule has 96 valence electrons. The van der Waals surface area contributed by atoms with Gasteiger partial charge in [-0.2, -0.15) is 0 Å². The molecule has 1 aromatic rings. The third-order valence-corrected chi connectivity index (χ3v) is 4.04. The number of hydrogen-bond acceptors (Lipinski definition) is 2. The minimum absolute atomic E-state index is 0.482. The predicted molar refractivity (Wildman–Crippen MR) is 72.0 cm³/mol. The van der Waals surface area contributed by atoms with Crippen molar-refractivity contribution in [1.82, 2.24) is 4.90 Å². The highest BCUT2D eigenvalue weighted by Gasteiger charge is 2.25. The molecule has 0 atom stereocenters. The fourth-order valence-corrected chi connectivity index (χ4v) is 2.99. The summed E-state index contributed by atoms with van der Waals surface area (Å²) in [5.74, 6) is 2.29. The molecule has 1 heterocycles. The predicted octanol–water partition coefficient (Wildman–Crippen LogP) is 3.05. The molecule has 3 heteroatoms. The summed E-state index contributed by atoms with van der Waals surface area (Å²) in [4.78, 5) is 2.20. The van der Waals surface area contributed by atoms with Gasteiger partial charge >= 0.3 is 0 Å². The van der Waals surface area contributed by atoms with E-state index in [1.165, 1.54) is 31.2 Å². The van der Waals surface area contributed by atoms with Crippen LogP contribution >= 0.6 is 0 Å². The summed E-state index contributed by atoms with van der Waals surface area (Å²) in [6.07, 6.45) is 4.96. The largest absolute Gasteiger partial charge is 0.491 e. The van der Waals surface area contributed by atoms with Gasteiger partial charge in [-0.05, 0) is 18.9 Å². The molecule has 0 unspecified atom stereocenters. The summed E-state index contributed by atoms with van der Waals surface area (Å²) >= 11 is 0. The van der Waals surface area contributed by atoms with E-state index in [4.69, 9.17) is 10.1 Å². The molecule has 1 aromatic carbocycles. The first-order valence-corrected chi connectivity index (χ1v) is 6.88. The SMILES string of the molecule is N=C(C1CCCC1)N1CCOc2ccccc2C1. The van der Waals surface area contributed by atoms with Crippen molar-refractivity contribution in [2.75, 3.05) is 13.2 Å². The monoisotopic (exact) mass is 244 g/mol. The zero-order chi connectivity index (χ0) is 12.4. The normalized spacial score (nSPS) is 20.1. The second-order valence-corrected chi connectivity index (χ2v) is 5.24. The van der Waals surface area contributed by atoms with Gasteiger partial charge in [-0.15, -0.1) is 0 Å². The first-order chi connectivity index (χ1) is 8.84. The highest BCUT2D eigenvalue weighted by molar-refractivity contribution is 5.82. The van der Waals surface area contributed by atoms with E-state index in [-0.39, 0.29) is 0 Å². The van der Waals surface area contributed by atoms with Gasteiger partial charge in [0.2, 0.25) is 0 Å². The van der Waals surface area contributed by atoms with Crippen LogP contribution in [0.15, 0.2) is 24.3 Å². The molecule has 0 spiro atoms. The van der Waals surface area contributed by atoms with Gasteiger partial charge in [0.25, 0.3) is 0 Å². The van der Waals surface area contributed by atoms with Gasteiger partial charge in [-0.25, -0.2) is 0 Å². The van der Waals surface area contributed by atoms with E-state index in [1.54, 1.807) is 0 Å². The number of ether oxygens (including phenoxy) is 1. The summed E-state index contributed by atoms with van der Waals surface area (Å²) in [6, 6.07) is 8.19. The Kier molecular flexibility index (Phi) is 3.22. The van der Waals surface area contributed by atoms with Crippen molar-refractivity contribution >= 4 is 5.84 Å². The average Bonchev–Trinajstić information content (AvgIpc) is 2.84. The van der Waals surface area contributed by atoms with Gasteiger partial charge in [0.1, 0.15) is 12.4 Å². The summed E-state index contributed by atoms with van der Waals surface area (Å²) in [6.45, 7) is 2.35. The van der Waals surface area contributed by atoms with Crippen LogP contribution < -0.4 is 4.74 Å². The lowest BCUT2D eigenvalue weighted by atomic mass is 10.1. The van der Waals surface area contributed by atoms with Crippen LogP contribution in [0.25, 0.3) is 0 Å². The second-order valence-electron chi connectivity index (χ2n) is 5.24. The van der Waals surface area contributed by atoms with E-state index in [9.17, 15) is 0 Å². The van der Waals surface area contributed by atoms with Crippen LogP contribution in [0.4, 0.5) is 0 Å². The van der Waals surface area contributed by atoms with Crippen molar-refractivity contribution in [2.45, 2.75) is 32.2 Å². The number of para-hydroxylation sites is 1. The third kappa shape index (κ3) is 2.22. The maximum Gasteiger partial charge on any atom is 0.124 e. The summed E-state index contributed by atoms with van der Waals surface area (Å²) in [5, 5.41) is 8.39. The molecule has 18 heavy (non-hydrogen) atoms. The molecule has 3 rings (SSSR count). The Morgan fingerprint density at radius 2 is 2.00 bits per heavy atom. The Morgan fingerprint density at radius 3 is 2.83 bits per heavy atom.